The van der Waals surface area contributed by atoms with Crippen LogP contribution in [0.15, 0.2) is 18.3 Å². The second-order valence-electron chi connectivity index (χ2n) is 5.90. The van der Waals surface area contributed by atoms with Gasteiger partial charge in [-0.25, -0.2) is 9.78 Å². The van der Waals surface area contributed by atoms with Crippen LogP contribution in [-0.4, -0.2) is 34.0 Å². The zero-order valence-electron chi connectivity index (χ0n) is 11.6. The zero-order chi connectivity index (χ0) is 16.9. The number of anilines is 1. The van der Waals surface area contributed by atoms with Crippen molar-refractivity contribution in [1.29, 1.82) is 0 Å². The summed E-state index contributed by atoms with van der Waals surface area (Å²) in [6, 6.07) is 2.25. The van der Waals surface area contributed by atoms with Crippen LogP contribution in [0, 0.1) is 5.41 Å². The Labute approximate surface area is 127 Å². The number of ether oxygens (including phenoxy) is 1. The largest absolute Gasteiger partial charge is 0.573 e. The highest BCUT2D eigenvalue weighted by atomic mass is 19.4. The van der Waals surface area contributed by atoms with Crippen molar-refractivity contribution in [2.75, 3.05) is 5.32 Å². The molecule has 4 rings (SSSR count). The van der Waals surface area contributed by atoms with E-state index < -0.39 is 29.2 Å². The average molecular weight is 331 g/mol. The van der Waals surface area contributed by atoms with Crippen LogP contribution in [0.4, 0.5) is 23.8 Å². The molecule has 3 aliphatic rings. The number of nitrogens with one attached hydrogen (secondary N) is 2. The molecular weight excluding hydrogens is 319 g/mol. The molecule has 1 aromatic rings. The Morgan fingerprint density at radius 3 is 2.39 bits per heavy atom. The van der Waals surface area contributed by atoms with Crippen molar-refractivity contribution in [1.82, 2.24) is 10.3 Å². The number of pyridine rings is 1. The van der Waals surface area contributed by atoms with Gasteiger partial charge in [-0.05, 0) is 31.4 Å². The van der Waals surface area contributed by atoms with E-state index in [0.29, 0.717) is 19.3 Å². The highest BCUT2D eigenvalue weighted by Gasteiger charge is 2.72. The third-order valence-corrected chi connectivity index (χ3v) is 4.10. The summed E-state index contributed by atoms with van der Waals surface area (Å²) in [5, 5.41) is 13.6. The molecule has 0 atom stereocenters. The molecule has 0 unspecified atom stereocenters. The van der Waals surface area contributed by atoms with Crippen molar-refractivity contribution in [3.05, 3.63) is 18.3 Å². The van der Waals surface area contributed by atoms with E-state index in [9.17, 15) is 22.8 Å². The molecule has 3 N–H and O–H groups in total. The van der Waals surface area contributed by atoms with E-state index in [1.165, 1.54) is 6.07 Å². The highest BCUT2D eigenvalue weighted by molar-refractivity contribution is 5.97. The van der Waals surface area contributed by atoms with Crippen LogP contribution in [0.5, 0.6) is 5.75 Å². The lowest BCUT2D eigenvalue weighted by Crippen LogP contribution is -2.77. The first-order valence-electron chi connectivity index (χ1n) is 6.66. The van der Waals surface area contributed by atoms with E-state index in [4.69, 9.17) is 5.11 Å². The van der Waals surface area contributed by atoms with Crippen LogP contribution >= 0.6 is 0 Å². The van der Waals surface area contributed by atoms with Crippen molar-refractivity contribution < 1.29 is 32.6 Å². The molecule has 7 nitrogen and oxygen atoms in total. The summed E-state index contributed by atoms with van der Waals surface area (Å²) in [5.74, 6) is -0.691. The lowest BCUT2D eigenvalue weighted by Gasteiger charge is -2.68. The van der Waals surface area contributed by atoms with E-state index in [2.05, 4.69) is 20.4 Å². The minimum absolute atomic E-state index is 0.106. The van der Waals surface area contributed by atoms with Crippen LogP contribution in [0.3, 0.4) is 0 Å². The minimum atomic E-state index is -4.80. The zero-order valence-corrected chi connectivity index (χ0v) is 11.6. The van der Waals surface area contributed by atoms with E-state index in [0.717, 1.165) is 12.3 Å². The number of carboxylic acid groups (broad SMARTS) is 1. The van der Waals surface area contributed by atoms with Crippen molar-refractivity contribution in [2.24, 2.45) is 5.41 Å². The van der Waals surface area contributed by atoms with Crippen LogP contribution in [0.25, 0.3) is 0 Å². The fourth-order valence-corrected chi connectivity index (χ4v) is 3.29. The molecule has 0 aromatic carbocycles. The molecule has 124 valence electrons. The average Bonchev–Trinajstić information content (AvgIpc) is 2.32. The Balaban J connectivity index is 1.55. The minimum Gasteiger partial charge on any atom is -0.465 e. The Bertz CT molecular complexity index is 640. The Morgan fingerprint density at radius 2 is 1.91 bits per heavy atom. The Hall–Kier alpha value is -2.52. The van der Waals surface area contributed by atoms with Gasteiger partial charge in [-0.2, -0.15) is 0 Å². The molecule has 0 saturated heterocycles. The van der Waals surface area contributed by atoms with Gasteiger partial charge >= 0.3 is 12.5 Å². The van der Waals surface area contributed by atoms with Gasteiger partial charge in [0.15, 0.2) is 0 Å². The summed E-state index contributed by atoms with van der Waals surface area (Å²) in [6.07, 6.45) is -3.84. The first-order chi connectivity index (χ1) is 10.6. The molecule has 2 bridgehead atoms. The predicted octanol–water partition coefficient (Wildman–Crippen LogP) is 2.11. The number of nitrogens with zero attached hydrogens (tertiary/aromatic N) is 1. The Kier molecular flexibility index (Phi) is 3.17. The van der Waals surface area contributed by atoms with Crippen LogP contribution < -0.4 is 15.4 Å². The maximum Gasteiger partial charge on any atom is 0.573 e. The fraction of sp³-hybridized carbons (Fsp3) is 0.462. The molecule has 23 heavy (non-hydrogen) atoms. The van der Waals surface area contributed by atoms with Crippen molar-refractivity contribution >= 4 is 17.8 Å². The molecule has 1 aromatic heterocycles. The van der Waals surface area contributed by atoms with Crippen LogP contribution in [0.1, 0.15) is 19.3 Å². The molecule has 3 aliphatic carbocycles. The quantitative estimate of drug-likeness (QED) is 0.784. The summed E-state index contributed by atoms with van der Waals surface area (Å²) in [4.78, 5) is 26.5. The number of amides is 2. The molecule has 0 spiro atoms. The molecule has 1 heterocycles. The number of hydrogen-bond donors (Lipinski definition) is 3. The van der Waals surface area contributed by atoms with Gasteiger partial charge in [-0.3, -0.25) is 4.79 Å². The van der Waals surface area contributed by atoms with E-state index in [1.54, 1.807) is 0 Å². The topological polar surface area (TPSA) is 101 Å². The van der Waals surface area contributed by atoms with Gasteiger partial charge in [0, 0.05) is 5.54 Å². The first kappa shape index (κ1) is 15.4. The van der Waals surface area contributed by atoms with E-state index >= 15 is 0 Å². The number of hydrogen-bond acceptors (Lipinski definition) is 4. The number of alkyl halides is 3. The van der Waals surface area contributed by atoms with Gasteiger partial charge in [0.1, 0.15) is 11.6 Å². The molecule has 10 heteroatoms. The van der Waals surface area contributed by atoms with Crippen molar-refractivity contribution in [2.45, 2.75) is 31.2 Å². The van der Waals surface area contributed by atoms with Gasteiger partial charge in [-0.1, -0.05) is 0 Å². The lowest BCUT2D eigenvalue weighted by atomic mass is 9.39. The summed E-state index contributed by atoms with van der Waals surface area (Å²) in [6.45, 7) is 0. The van der Waals surface area contributed by atoms with Crippen molar-refractivity contribution in [3.8, 4) is 5.75 Å². The molecule has 2 amide bonds. The molecule has 0 aliphatic heterocycles. The number of aromatic nitrogens is 1. The van der Waals surface area contributed by atoms with Gasteiger partial charge < -0.3 is 20.5 Å². The van der Waals surface area contributed by atoms with Gasteiger partial charge in [0.2, 0.25) is 5.91 Å². The molecule has 0 radical (unpaired) electrons. The maximum absolute atomic E-state index is 12.2. The van der Waals surface area contributed by atoms with Gasteiger partial charge in [0.25, 0.3) is 0 Å². The summed E-state index contributed by atoms with van der Waals surface area (Å²) in [5.41, 5.74) is -1.13. The predicted molar refractivity (Wildman–Crippen MR) is 69.7 cm³/mol. The van der Waals surface area contributed by atoms with Crippen LogP contribution in [-0.2, 0) is 4.79 Å². The number of halogens is 3. The second kappa shape index (κ2) is 4.74. The van der Waals surface area contributed by atoms with Gasteiger partial charge in [0.05, 0.1) is 11.6 Å². The summed E-state index contributed by atoms with van der Waals surface area (Å²) >= 11 is 0. The lowest BCUT2D eigenvalue weighted by molar-refractivity contribution is -0.274. The Morgan fingerprint density at radius 1 is 1.26 bits per heavy atom. The smallest absolute Gasteiger partial charge is 0.465 e. The standard InChI is InChI=1S/C13H12F3N3O4/c14-13(15,16)23-7-1-2-8(17-3-7)18-9(20)11-4-12(5-11,6-11)19-10(21)22/h1-3,19H,4-6H2,(H,21,22)(H,17,18,20). The normalized spacial score (nSPS) is 28.1. The third-order valence-electron chi connectivity index (χ3n) is 4.10. The molecule has 3 saturated carbocycles. The highest BCUT2D eigenvalue weighted by Crippen LogP contribution is 2.67. The first-order valence-corrected chi connectivity index (χ1v) is 6.66. The SMILES string of the molecule is O=C(O)NC12CC(C(=O)Nc3ccc(OC(F)(F)F)cn3)(C1)C2. The maximum atomic E-state index is 12.2. The number of rotatable bonds is 4. The van der Waals surface area contributed by atoms with E-state index in [1.807, 2.05) is 0 Å². The summed E-state index contributed by atoms with van der Waals surface area (Å²) < 4.78 is 39.8. The van der Waals surface area contributed by atoms with E-state index in [-0.39, 0.29) is 11.7 Å². The summed E-state index contributed by atoms with van der Waals surface area (Å²) in [7, 11) is 0. The van der Waals surface area contributed by atoms with Crippen LogP contribution in [0.2, 0.25) is 0 Å². The van der Waals surface area contributed by atoms with Gasteiger partial charge in [-0.15, -0.1) is 13.2 Å². The molecular formula is C13H12F3N3O4. The molecule has 3 fully saturated rings. The monoisotopic (exact) mass is 331 g/mol. The fourth-order valence-electron chi connectivity index (χ4n) is 3.29. The number of carbonyl (C=O) groups is 2. The second-order valence-corrected chi connectivity index (χ2v) is 5.90. The third kappa shape index (κ3) is 2.88. The van der Waals surface area contributed by atoms with Crippen molar-refractivity contribution in [3.63, 3.8) is 0 Å². The number of carbonyl (C=O) groups excluding carboxylic acids is 1.